The van der Waals surface area contributed by atoms with Gasteiger partial charge in [-0.05, 0) is 40.5 Å². The Morgan fingerprint density at radius 1 is 1.29 bits per heavy atom. The van der Waals surface area contributed by atoms with Gasteiger partial charge in [-0.1, -0.05) is 6.07 Å². The number of ether oxygens (including phenoxy) is 2. The van der Waals surface area contributed by atoms with Crippen molar-refractivity contribution in [3.05, 3.63) is 28.2 Å². The van der Waals surface area contributed by atoms with Gasteiger partial charge < -0.3 is 9.47 Å². The average Bonchev–Trinajstić information content (AvgIpc) is 2.25. The van der Waals surface area contributed by atoms with Crippen LogP contribution in [0.25, 0.3) is 0 Å². The number of Topliss-reactive ketones (excluding diaryl/α,β-unsaturated/α-hetero) is 1. The van der Waals surface area contributed by atoms with Crippen LogP contribution in [0.15, 0.2) is 22.7 Å². The van der Waals surface area contributed by atoms with Crippen LogP contribution in [0.2, 0.25) is 0 Å². The molecule has 0 amide bonds. The molecule has 1 aromatic carbocycles. The van der Waals surface area contributed by atoms with E-state index in [1.165, 1.54) is 6.92 Å². The van der Waals surface area contributed by atoms with Crippen LogP contribution in [0.5, 0.6) is 5.75 Å². The molecular formula is C12H13BrO4. The van der Waals surface area contributed by atoms with Gasteiger partial charge in [0.15, 0.2) is 13.2 Å². The Kier molecular flexibility index (Phi) is 5.15. The second kappa shape index (κ2) is 6.39. The molecule has 0 N–H and O–H groups in total. The summed E-state index contributed by atoms with van der Waals surface area (Å²) in [6, 6.07) is 5.56. The maximum atomic E-state index is 11.3. The first-order chi connectivity index (χ1) is 7.99. The van der Waals surface area contributed by atoms with E-state index in [2.05, 4.69) is 20.7 Å². The summed E-state index contributed by atoms with van der Waals surface area (Å²) in [7, 11) is 0. The average molecular weight is 301 g/mol. The second-order valence-corrected chi connectivity index (χ2v) is 4.40. The van der Waals surface area contributed by atoms with Gasteiger partial charge in [0.25, 0.3) is 0 Å². The molecule has 0 aliphatic rings. The van der Waals surface area contributed by atoms with Gasteiger partial charge in [0.1, 0.15) is 5.75 Å². The van der Waals surface area contributed by atoms with Crippen molar-refractivity contribution in [2.45, 2.75) is 13.8 Å². The van der Waals surface area contributed by atoms with E-state index in [1.807, 2.05) is 19.1 Å². The molecule has 4 nitrogen and oxygen atoms in total. The van der Waals surface area contributed by atoms with Gasteiger partial charge >= 0.3 is 5.97 Å². The number of ketones is 1. The van der Waals surface area contributed by atoms with E-state index >= 15 is 0 Å². The first-order valence-electron chi connectivity index (χ1n) is 5.03. The summed E-state index contributed by atoms with van der Waals surface area (Å²) in [6.45, 7) is 2.85. The molecule has 0 atom stereocenters. The summed E-state index contributed by atoms with van der Waals surface area (Å²) in [6.07, 6.45) is 0. The van der Waals surface area contributed by atoms with Crippen molar-refractivity contribution in [1.29, 1.82) is 0 Å². The van der Waals surface area contributed by atoms with E-state index in [9.17, 15) is 9.59 Å². The van der Waals surface area contributed by atoms with Crippen LogP contribution in [0.3, 0.4) is 0 Å². The summed E-state index contributed by atoms with van der Waals surface area (Å²) in [5.74, 6) is -0.172. The number of rotatable bonds is 5. The van der Waals surface area contributed by atoms with Gasteiger partial charge in [0, 0.05) is 6.92 Å². The zero-order chi connectivity index (χ0) is 12.8. The topological polar surface area (TPSA) is 52.6 Å². The molecule has 0 saturated carbocycles. The van der Waals surface area contributed by atoms with Crippen LogP contribution in [-0.2, 0) is 14.3 Å². The van der Waals surface area contributed by atoms with Crippen LogP contribution in [-0.4, -0.2) is 25.0 Å². The van der Waals surface area contributed by atoms with Crippen LogP contribution in [0.1, 0.15) is 12.5 Å². The SMILES string of the molecule is CC(=O)OCC(=O)COc1ccc(C)cc1Br. The van der Waals surface area contributed by atoms with Crippen LogP contribution in [0, 0.1) is 6.92 Å². The molecule has 0 aliphatic carbocycles. The summed E-state index contributed by atoms with van der Waals surface area (Å²) in [4.78, 5) is 21.8. The third-order valence-corrected chi connectivity index (χ3v) is 2.53. The lowest BCUT2D eigenvalue weighted by Crippen LogP contribution is -2.19. The number of benzene rings is 1. The molecule has 0 radical (unpaired) electrons. The molecule has 0 unspecified atom stereocenters. The standard InChI is InChI=1S/C12H13BrO4/c1-8-3-4-12(11(13)5-8)17-7-10(15)6-16-9(2)14/h3-5H,6-7H2,1-2H3. The highest BCUT2D eigenvalue weighted by atomic mass is 79.9. The highest BCUT2D eigenvalue weighted by molar-refractivity contribution is 9.10. The van der Waals surface area contributed by atoms with Gasteiger partial charge in [-0.15, -0.1) is 0 Å². The number of hydrogen-bond donors (Lipinski definition) is 0. The van der Waals surface area contributed by atoms with Gasteiger partial charge in [-0.25, -0.2) is 0 Å². The Labute approximate surface area is 108 Å². The van der Waals surface area contributed by atoms with E-state index in [1.54, 1.807) is 6.07 Å². The van der Waals surface area contributed by atoms with Crippen molar-refractivity contribution >= 4 is 27.7 Å². The Morgan fingerprint density at radius 2 is 2.00 bits per heavy atom. The van der Waals surface area contributed by atoms with E-state index in [0.717, 1.165) is 10.0 Å². The molecule has 5 heteroatoms. The fourth-order valence-corrected chi connectivity index (χ4v) is 1.71. The number of aryl methyl sites for hydroxylation is 1. The molecule has 0 saturated heterocycles. The fraction of sp³-hybridized carbons (Fsp3) is 0.333. The highest BCUT2D eigenvalue weighted by Gasteiger charge is 2.07. The molecule has 92 valence electrons. The smallest absolute Gasteiger partial charge is 0.303 e. The summed E-state index contributed by atoms with van der Waals surface area (Å²) >= 11 is 3.34. The molecule has 0 bridgehead atoms. The lowest BCUT2D eigenvalue weighted by Gasteiger charge is -2.08. The summed E-state index contributed by atoms with van der Waals surface area (Å²) < 4.78 is 10.6. The second-order valence-electron chi connectivity index (χ2n) is 3.54. The Bertz CT molecular complexity index is 429. The van der Waals surface area contributed by atoms with E-state index in [0.29, 0.717) is 5.75 Å². The number of carbonyl (C=O) groups excluding carboxylic acids is 2. The number of halogens is 1. The van der Waals surface area contributed by atoms with Gasteiger partial charge in [0.2, 0.25) is 5.78 Å². The quantitative estimate of drug-likeness (QED) is 0.783. The van der Waals surface area contributed by atoms with E-state index < -0.39 is 5.97 Å². The first-order valence-corrected chi connectivity index (χ1v) is 5.82. The Hall–Kier alpha value is -1.36. The maximum absolute atomic E-state index is 11.3. The summed E-state index contributed by atoms with van der Waals surface area (Å²) in [5, 5.41) is 0. The molecule has 1 rings (SSSR count). The molecular weight excluding hydrogens is 288 g/mol. The third-order valence-electron chi connectivity index (χ3n) is 1.91. The molecule has 0 fully saturated rings. The normalized spacial score (nSPS) is 9.82. The van der Waals surface area contributed by atoms with Crippen molar-refractivity contribution in [2.24, 2.45) is 0 Å². The van der Waals surface area contributed by atoms with E-state index in [4.69, 9.17) is 4.74 Å². The van der Waals surface area contributed by atoms with Crippen molar-refractivity contribution in [1.82, 2.24) is 0 Å². The highest BCUT2D eigenvalue weighted by Crippen LogP contribution is 2.25. The third kappa shape index (κ3) is 4.99. The van der Waals surface area contributed by atoms with Crippen LogP contribution >= 0.6 is 15.9 Å². The van der Waals surface area contributed by atoms with Gasteiger partial charge in [-0.3, -0.25) is 9.59 Å². The van der Waals surface area contributed by atoms with Gasteiger partial charge in [0.05, 0.1) is 4.47 Å². The van der Waals surface area contributed by atoms with Crippen molar-refractivity contribution in [3.63, 3.8) is 0 Å². The molecule has 1 aromatic rings. The van der Waals surface area contributed by atoms with Gasteiger partial charge in [-0.2, -0.15) is 0 Å². The monoisotopic (exact) mass is 300 g/mol. The molecule has 0 aromatic heterocycles. The van der Waals surface area contributed by atoms with Crippen molar-refractivity contribution in [3.8, 4) is 5.75 Å². The minimum absolute atomic E-state index is 0.116. The zero-order valence-electron chi connectivity index (χ0n) is 9.66. The van der Waals surface area contributed by atoms with Crippen molar-refractivity contribution in [2.75, 3.05) is 13.2 Å². The number of hydrogen-bond acceptors (Lipinski definition) is 4. The van der Waals surface area contributed by atoms with Crippen molar-refractivity contribution < 1.29 is 19.1 Å². The number of carbonyl (C=O) groups is 2. The maximum Gasteiger partial charge on any atom is 0.303 e. The molecule has 0 spiro atoms. The minimum atomic E-state index is -0.477. The lowest BCUT2D eigenvalue weighted by atomic mass is 10.2. The predicted octanol–water partition coefficient (Wildman–Crippen LogP) is 2.27. The lowest BCUT2D eigenvalue weighted by molar-refractivity contribution is -0.146. The number of esters is 1. The first kappa shape index (κ1) is 13.7. The summed E-state index contributed by atoms with van der Waals surface area (Å²) in [5.41, 5.74) is 1.09. The van der Waals surface area contributed by atoms with E-state index in [-0.39, 0.29) is 19.0 Å². The Morgan fingerprint density at radius 3 is 2.59 bits per heavy atom. The fourth-order valence-electron chi connectivity index (χ4n) is 1.10. The largest absolute Gasteiger partial charge is 0.485 e. The predicted molar refractivity (Wildman–Crippen MR) is 66.0 cm³/mol. The molecule has 17 heavy (non-hydrogen) atoms. The van der Waals surface area contributed by atoms with Crippen LogP contribution < -0.4 is 4.74 Å². The molecule has 0 aliphatic heterocycles. The Balaban J connectivity index is 2.44. The minimum Gasteiger partial charge on any atom is -0.485 e. The molecule has 0 heterocycles. The zero-order valence-corrected chi connectivity index (χ0v) is 11.2. The van der Waals surface area contributed by atoms with Crippen LogP contribution in [0.4, 0.5) is 0 Å².